The van der Waals surface area contributed by atoms with E-state index in [0.717, 1.165) is 5.02 Å². The van der Waals surface area contributed by atoms with E-state index in [2.05, 4.69) is 40.0 Å². The molecule has 0 aliphatic heterocycles. The van der Waals surface area contributed by atoms with Gasteiger partial charge in [0, 0.05) is 5.02 Å². The third kappa shape index (κ3) is 7.89. The zero-order valence-corrected chi connectivity index (χ0v) is 14.3. The van der Waals surface area contributed by atoms with Gasteiger partial charge in [-0.2, -0.15) is 0 Å². The van der Waals surface area contributed by atoms with Crippen LogP contribution in [0.3, 0.4) is 0 Å². The molecule has 1 rings (SSSR count). The van der Waals surface area contributed by atoms with Crippen molar-refractivity contribution >= 4 is 45.3 Å². The van der Waals surface area contributed by atoms with Crippen LogP contribution in [0, 0.1) is 0 Å². The minimum atomic E-state index is -0.543. The molecule has 1 aromatic rings. The summed E-state index contributed by atoms with van der Waals surface area (Å²) in [5, 5.41) is 2.27. The molecule has 0 atom stereocenters. The van der Waals surface area contributed by atoms with Gasteiger partial charge in [0.2, 0.25) is 0 Å². The van der Waals surface area contributed by atoms with Crippen LogP contribution >= 0.6 is 11.6 Å². The molecular weight excluding hydrogens is 314 g/mol. The van der Waals surface area contributed by atoms with Gasteiger partial charge in [0.25, 0.3) is 0 Å². The fraction of sp³-hybridized carbons (Fsp3) is 0.455. The van der Waals surface area contributed by atoms with Gasteiger partial charge in [-0.25, -0.2) is 0 Å². The first kappa shape index (κ1) is 14.5. The summed E-state index contributed by atoms with van der Waals surface area (Å²) in [5.74, 6) is 0. The van der Waals surface area contributed by atoms with Gasteiger partial charge < -0.3 is 0 Å². The van der Waals surface area contributed by atoms with E-state index in [9.17, 15) is 0 Å². The third-order valence-corrected chi connectivity index (χ3v) is 3.16. The standard InChI is InChI=1S/C8H10ClSi.3CH3.Sn/c1-10(2)8-5-3-7(9)4-6-8;;;;/h3-6H,1-2H3;3*1H3;. The second-order valence-corrected chi connectivity index (χ2v) is 15.6. The van der Waals surface area contributed by atoms with Gasteiger partial charge in [0.05, 0.1) is 8.80 Å². The fourth-order valence-corrected chi connectivity index (χ4v) is 1.74. The van der Waals surface area contributed by atoms with Crippen molar-refractivity contribution < 1.29 is 0 Å². The molecule has 3 heteroatoms. The van der Waals surface area contributed by atoms with Gasteiger partial charge in [0.15, 0.2) is 0 Å². The molecule has 0 fully saturated rings. The van der Waals surface area contributed by atoms with Crippen LogP contribution in [0.4, 0.5) is 0 Å². The Labute approximate surface area is 102 Å². The second-order valence-electron chi connectivity index (χ2n) is 4.01. The summed E-state index contributed by atoms with van der Waals surface area (Å²) < 4.78 is 0. The predicted octanol–water partition coefficient (Wildman–Crippen LogP) is 3.67. The quantitative estimate of drug-likeness (QED) is 0.688. The van der Waals surface area contributed by atoms with Gasteiger partial charge in [0.1, 0.15) is 0 Å². The van der Waals surface area contributed by atoms with Crippen molar-refractivity contribution in [1.82, 2.24) is 0 Å². The Morgan fingerprint density at radius 1 is 1.00 bits per heavy atom. The molecule has 0 spiro atoms. The van der Waals surface area contributed by atoms with E-state index >= 15 is 0 Å². The molecule has 0 heterocycles. The Morgan fingerprint density at radius 3 is 1.64 bits per heavy atom. The summed E-state index contributed by atoms with van der Waals surface area (Å²) in [6, 6.07) is 8.12. The number of halogens is 1. The SMILES string of the molecule is C[Si](C)c1ccc(Cl)cc1.[CH3][Sn]([CH3])[CH3]. The van der Waals surface area contributed by atoms with Crippen molar-refractivity contribution in [3.63, 3.8) is 0 Å². The van der Waals surface area contributed by atoms with Crippen molar-refractivity contribution in [3.05, 3.63) is 29.3 Å². The van der Waals surface area contributed by atoms with Crippen LogP contribution in [0.25, 0.3) is 0 Å². The predicted molar refractivity (Wildman–Crippen MR) is 71.9 cm³/mol. The summed E-state index contributed by atoms with van der Waals surface area (Å²) in [6.07, 6.45) is 0. The molecule has 0 aromatic heterocycles. The van der Waals surface area contributed by atoms with Gasteiger partial charge in [-0.1, -0.05) is 42.0 Å². The number of hydrogen-bond donors (Lipinski definition) is 0. The first-order valence-corrected chi connectivity index (χ1v) is 16.2. The summed E-state index contributed by atoms with van der Waals surface area (Å²) in [5.41, 5.74) is 0. The average Bonchev–Trinajstić information content (AvgIpc) is 2.03. The molecule has 0 unspecified atom stereocenters. The van der Waals surface area contributed by atoms with Crippen molar-refractivity contribution in [1.29, 1.82) is 0 Å². The molecule has 78 valence electrons. The van der Waals surface area contributed by atoms with Gasteiger partial charge in [-0.3, -0.25) is 0 Å². The van der Waals surface area contributed by atoms with Gasteiger partial charge >= 0.3 is 34.6 Å². The Hall–Kier alpha value is 0.526. The third-order valence-electron chi connectivity index (χ3n) is 1.42. The van der Waals surface area contributed by atoms with E-state index in [1.165, 1.54) is 5.19 Å². The average molecular weight is 334 g/mol. The van der Waals surface area contributed by atoms with Crippen LogP contribution in [-0.4, -0.2) is 28.6 Å². The number of rotatable bonds is 1. The molecule has 0 amide bonds. The zero-order valence-electron chi connectivity index (χ0n) is 9.69. The molecule has 1 aromatic carbocycles. The topological polar surface area (TPSA) is 0 Å². The monoisotopic (exact) mass is 334 g/mol. The van der Waals surface area contributed by atoms with Crippen LogP contribution < -0.4 is 5.19 Å². The van der Waals surface area contributed by atoms with Gasteiger partial charge in [-0.05, 0) is 12.1 Å². The first-order chi connectivity index (χ1) is 6.43. The van der Waals surface area contributed by atoms with E-state index in [1.54, 1.807) is 0 Å². The van der Waals surface area contributed by atoms with Crippen molar-refractivity contribution in [2.45, 2.75) is 27.9 Å². The summed E-state index contributed by atoms with van der Waals surface area (Å²) in [6.45, 7) is 4.54. The van der Waals surface area contributed by atoms with E-state index in [0.29, 0.717) is 0 Å². The van der Waals surface area contributed by atoms with Gasteiger partial charge in [-0.15, -0.1) is 0 Å². The molecule has 0 saturated heterocycles. The molecule has 2 radical (unpaired) electrons. The van der Waals surface area contributed by atoms with Crippen LogP contribution in [0.1, 0.15) is 0 Å². The first-order valence-electron chi connectivity index (χ1n) is 4.76. The summed E-state index contributed by atoms with van der Waals surface area (Å²) >= 11 is 5.18. The van der Waals surface area contributed by atoms with Crippen LogP contribution in [0.2, 0.25) is 32.9 Å². The fourth-order valence-electron chi connectivity index (χ4n) is 0.783. The Morgan fingerprint density at radius 2 is 1.36 bits per heavy atom. The van der Waals surface area contributed by atoms with E-state index in [-0.39, 0.29) is 8.80 Å². The Bertz CT molecular complexity index is 241. The zero-order chi connectivity index (χ0) is 11.1. The van der Waals surface area contributed by atoms with E-state index in [1.807, 2.05) is 12.1 Å². The normalized spacial score (nSPS) is 10.0. The second kappa shape index (κ2) is 7.77. The summed E-state index contributed by atoms with van der Waals surface area (Å²) in [4.78, 5) is 7.09. The van der Waals surface area contributed by atoms with Crippen molar-refractivity contribution in [2.24, 2.45) is 0 Å². The maximum atomic E-state index is 5.73. The molecule has 14 heavy (non-hydrogen) atoms. The van der Waals surface area contributed by atoms with Crippen molar-refractivity contribution in [3.8, 4) is 0 Å². The van der Waals surface area contributed by atoms with Crippen LogP contribution in [-0.2, 0) is 0 Å². The Balaban J connectivity index is 0.000000364. The number of benzene rings is 1. The summed E-state index contributed by atoms with van der Waals surface area (Å²) in [7, 11) is -0.287. The molecule has 0 bridgehead atoms. The van der Waals surface area contributed by atoms with Crippen LogP contribution in [0.15, 0.2) is 24.3 Å². The number of hydrogen-bond acceptors (Lipinski definition) is 0. The Kier molecular flexibility index (Phi) is 8.06. The molecule has 0 nitrogen and oxygen atoms in total. The van der Waals surface area contributed by atoms with Crippen molar-refractivity contribution in [2.75, 3.05) is 0 Å². The molecule has 0 aliphatic carbocycles. The minimum absolute atomic E-state index is 0.287. The van der Waals surface area contributed by atoms with E-state index in [4.69, 9.17) is 11.6 Å². The van der Waals surface area contributed by atoms with Crippen LogP contribution in [0.5, 0.6) is 0 Å². The molecule has 0 saturated carbocycles. The van der Waals surface area contributed by atoms with E-state index < -0.39 is 19.8 Å². The molecule has 0 N–H and O–H groups in total. The molecular formula is C11H19ClSiSn. The maximum absolute atomic E-state index is 5.73. The molecule has 0 aliphatic rings.